The van der Waals surface area contributed by atoms with Crippen LogP contribution in [0.25, 0.3) is 0 Å². The van der Waals surface area contributed by atoms with Crippen molar-refractivity contribution in [3.8, 4) is 0 Å². The first-order valence-electron chi connectivity index (χ1n) is 4.72. The number of rotatable bonds is 3. The van der Waals surface area contributed by atoms with Crippen LogP contribution in [-0.4, -0.2) is 6.54 Å². The van der Waals surface area contributed by atoms with Gasteiger partial charge >= 0.3 is 0 Å². The molecule has 0 spiro atoms. The predicted molar refractivity (Wildman–Crippen MR) is 58.3 cm³/mol. The van der Waals surface area contributed by atoms with Crippen LogP contribution in [0, 0.1) is 19.7 Å². The second-order valence-electron chi connectivity index (χ2n) is 3.46. The Labute approximate surface area is 89.1 Å². The Hall–Kier alpha value is -0.600. The van der Waals surface area contributed by atoms with Crippen LogP contribution in [0.4, 0.5) is 4.39 Å². The Bertz CT molecular complexity index is 310. The maximum Gasteiger partial charge on any atom is 0.127 e. The highest BCUT2D eigenvalue weighted by Crippen LogP contribution is 2.25. The fourth-order valence-electron chi connectivity index (χ4n) is 1.55. The lowest BCUT2D eigenvalue weighted by molar-refractivity contribution is 0.613. The van der Waals surface area contributed by atoms with Crippen molar-refractivity contribution < 1.29 is 4.39 Å². The van der Waals surface area contributed by atoms with Gasteiger partial charge < -0.3 is 5.73 Å². The maximum absolute atomic E-state index is 13.3. The molecule has 78 valence electrons. The van der Waals surface area contributed by atoms with E-state index in [2.05, 4.69) is 0 Å². The Morgan fingerprint density at radius 2 is 2.00 bits per heavy atom. The molecule has 1 rings (SSSR count). The van der Waals surface area contributed by atoms with Gasteiger partial charge in [0.2, 0.25) is 0 Å². The first-order chi connectivity index (χ1) is 6.57. The topological polar surface area (TPSA) is 26.0 Å². The van der Waals surface area contributed by atoms with Gasteiger partial charge in [-0.1, -0.05) is 11.6 Å². The Morgan fingerprint density at radius 1 is 1.36 bits per heavy atom. The molecule has 0 aliphatic heterocycles. The molecule has 0 aliphatic carbocycles. The van der Waals surface area contributed by atoms with Gasteiger partial charge in [-0.25, -0.2) is 4.39 Å². The standard InChI is InChI=1S/C11H15ClFN/c1-7-9(4-3-5-14)8(2)11(13)6-10(7)12/h6H,3-5,14H2,1-2H3. The predicted octanol–water partition coefficient (Wildman–Crippen LogP) is 2.99. The molecule has 1 nitrogen and oxygen atoms in total. The molecule has 0 aliphatic rings. The van der Waals surface area contributed by atoms with Gasteiger partial charge in [-0.15, -0.1) is 0 Å². The van der Waals surface area contributed by atoms with Crippen molar-refractivity contribution >= 4 is 11.6 Å². The minimum atomic E-state index is -0.229. The molecule has 0 amide bonds. The minimum absolute atomic E-state index is 0.229. The van der Waals surface area contributed by atoms with Gasteiger partial charge in [0.1, 0.15) is 5.82 Å². The molecule has 0 saturated heterocycles. The zero-order valence-electron chi connectivity index (χ0n) is 8.53. The Kier molecular flexibility index (Phi) is 3.90. The lowest BCUT2D eigenvalue weighted by atomic mass is 9.98. The number of hydrogen-bond acceptors (Lipinski definition) is 1. The van der Waals surface area contributed by atoms with Crippen molar-refractivity contribution in [1.29, 1.82) is 0 Å². The van der Waals surface area contributed by atoms with Gasteiger partial charge in [0.25, 0.3) is 0 Å². The summed E-state index contributed by atoms with van der Waals surface area (Å²) in [6.45, 7) is 4.32. The molecule has 0 heterocycles. The molecule has 0 bridgehead atoms. The van der Waals surface area contributed by atoms with Crippen LogP contribution in [0.2, 0.25) is 5.02 Å². The number of halogens is 2. The molecule has 0 atom stereocenters. The van der Waals surface area contributed by atoms with Crippen LogP contribution in [0.5, 0.6) is 0 Å². The third kappa shape index (κ3) is 2.25. The molecule has 0 fully saturated rings. The summed E-state index contributed by atoms with van der Waals surface area (Å²) in [6.07, 6.45) is 1.66. The highest BCUT2D eigenvalue weighted by molar-refractivity contribution is 6.31. The van der Waals surface area contributed by atoms with E-state index in [1.807, 2.05) is 6.92 Å². The summed E-state index contributed by atoms with van der Waals surface area (Å²) in [7, 11) is 0. The molecule has 1 aromatic carbocycles. The minimum Gasteiger partial charge on any atom is -0.330 e. The van der Waals surface area contributed by atoms with Gasteiger partial charge in [-0.05, 0) is 56.0 Å². The molecule has 2 N–H and O–H groups in total. The second kappa shape index (κ2) is 4.76. The van der Waals surface area contributed by atoms with Crippen molar-refractivity contribution in [2.24, 2.45) is 5.73 Å². The van der Waals surface area contributed by atoms with E-state index in [-0.39, 0.29) is 5.82 Å². The lowest BCUT2D eigenvalue weighted by Gasteiger charge is -2.11. The average molecular weight is 216 g/mol. The quantitative estimate of drug-likeness (QED) is 0.824. The van der Waals surface area contributed by atoms with Gasteiger partial charge in [0, 0.05) is 5.02 Å². The first-order valence-corrected chi connectivity index (χ1v) is 5.10. The Balaban J connectivity index is 3.11. The number of hydrogen-bond donors (Lipinski definition) is 1. The second-order valence-corrected chi connectivity index (χ2v) is 3.87. The number of benzene rings is 1. The van der Waals surface area contributed by atoms with Gasteiger partial charge in [0.05, 0.1) is 0 Å². The van der Waals surface area contributed by atoms with E-state index in [4.69, 9.17) is 17.3 Å². The van der Waals surface area contributed by atoms with Gasteiger partial charge in [-0.2, -0.15) is 0 Å². The van der Waals surface area contributed by atoms with Crippen molar-refractivity contribution in [1.82, 2.24) is 0 Å². The molecule has 14 heavy (non-hydrogen) atoms. The third-order valence-corrected chi connectivity index (χ3v) is 2.90. The monoisotopic (exact) mass is 215 g/mol. The zero-order valence-corrected chi connectivity index (χ0v) is 9.29. The van der Waals surface area contributed by atoms with Crippen LogP contribution in [0.1, 0.15) is 23.1 Å². The van der Waals surface area contributed by atoms with Crippen molar-refractivity contribution in [3.05, 3.63) is 33.6 Å². The van der Waals surface area contributed by atoms with E-state index in [1.54, 1.807) is 6.92 Å². The molecule has 3 heteroatoms. The van der Waals surface area contributed by atoms with Crippen molar-refractivity contribution in [2.75, 3.05) is 6.54 Å². The molecule has 0 unspecified atom stereocenters. The summed E-state index contributed by atoms with van der Waals surface area (Å²) >= 11 is 5.90. The molecule has 1 aromatic rings. The van der Waals surface area contributed by atoms with Gasteiger partial charge in [0.15, 0.2) is 0 Å². The summed E-state index contributed by atoms with van der Waals surface area (Å²) in [5.74, 6) is -0.229. The maximum atomic E-state index is 13.3. The summed E-state index contributed by atoms with van der Waals surface area (Å²) < 4.78 is 13.3. The van der Waals surface area contributed by atoms with E-state index < -0.39 is 0 Å². The summed E-state index contributed by atoms with van der Waals surface area (Å²) in [6, 6.07) is 1.37. The van der Waals surface area contributed by atoms with Crippen LogP contribution in [0.3, 0.4) is 0 Å². The van der Waals surface area contributed by atoms with E-state index >= 15 is 0 Å². The molecule has 0 aromatic heterocycles. The van der Waals surface area contributed by atoms with Crippen LogP contribution in [0.15, 0.2) is 6.07 Å². The number of nitrogens with two attached hydrogens (primary N) is 1. The molecular weight excluding hydrogens is 201 g/mol. The summed E-state index contributed by atoms with van der Waals surface area (Å²) in [5.41, 5.74) is 8.09. The van der Waals surface area contributed by atoms with Crippen LogP contribution in [-0.2, 0) is 6.42 Å². The third-order valence-electron chi connectivity index (χ3n) is 2.51. The van der Waals surface area contributed by atoms with E-state index in [0.29, 0.717) is 17.1 Å². The molecular formula is C11H15ClFN. The van der Waals surface area contributed by atoms with Crippen LogP contribution < -0.4 is 5.73 Å². The van der Waals surface area contributed by atoms with Gasteiger partial charge in [-0.3, -0.25) is 0 Å². The fourth-order valence-corrected chi connectivity index (χ4v) is 1.76. The SMILES string of the molecule is Cc1c(F)cc(Cl)c(C)c1CCCN. The molecule has 0 saturated carbocycles. The van der Waals surface area contributed by atoms with E-state index in [9.17, 15) is 4.39 Å². The first kappa shape index (κ1) is 11.5. The van der Waals surface area contributed by atoms with Crippen molar-refractivity contribution in [2.45, 2.75) is 26.7 Å². The van der Waals surface area contributed by atoms with E-state index in [1.165, 1.54) is 6.07 Å². The normalized spacial score (nSPS) is 10.6. The summed E-state index contributed by atoms with van der Waals surface area (Å²) in [4.78, 5) is 0. The fraction of sp³-hybridized carbons (Fsp3) is 0.455. The van der Waals surface area contributed by atoms with Crippen LogP contribution >= 0.6 is 11.6 Å². The average Bonchev–Trinajstić information content (AvgIpc) is 2.15. The zero-order chi connectivity index (χ0) is 10.7. The smallest absolute Gasteiger partial charge is 0.127 e. The largest absolute Gasteiger partial charge is 0.330 e. The Morgan fingerprint density at radius 3 is 2.57 bits per heavy atom. The highest BCUT2D eigenvalue weighted by Gasteiger charge is 2.10. The molecule has 0 radical (unpaired) electrons. The highest BCUT2D eigenvalue weighted by atomic mass is 35.5. The lowest BCUT2D eigenvalue weighted by Crippen LogP contribution is -2.04. The van der Waals surface area contributed by atoms with E-state index in [0.717, 1.165) is 24.0 Å². The van der Waals surface area contributed by atoms with Crippen molar-refractivity contribution in [3.63, 3.8) is 0 Å². The summed E-state index contributed by atoms with van der Waals surface area (Å²) in [5, 5.41) is 0.500.